The van der Waals surface area contributed by atoms with Crippen LogP contribution in [0.5, 0.6) is 0 Å². The SMILES string of the molecule is CNC(=O)c1ccc(N2CCOC(c3cccs3)C2)c([N+](=O)[O-])c1. The summed E-state index contributed by atoms with van der Waals surface area (Å²) >= 11 is 1.61. The number of hydrogen-bond donors (Lipinski definition) is 1. The number of ether oxygens (including phenoxy) is 1. The molecule has 2 heterocycles. The number of anilines is 1. The van der Waals surface area contributed by atoms with Crippen LogP contribution in [-0.4, -0.2) is 37.6 Å². The van der Waals surface area contributed by atoms with Gasteiger partial charge >= 0.3 is 0 Å². The monoisotopic (exact) mass is 347 g/mol. The molecule has 1 fully saturated rings. The van der Waals surface area contributed by atoms with Crippen LogP contribution in [0, 0.1) is 10.1 Å². The van der Waals surface area contributed by atoms with Gasteiger partial charge in [-0.2, -0.15) is 0 Å². The van der Waals surface area contributed by atoms with E-state index in [-0.39, 0.29) is 23.3 Å². The lowest BCUT2D eigenvalue weighted by atomic mass is 10.1. The average molecular weight is 347 g/mol. The third kappa shape index (κ3) is 3.24. The second kappa shape index (κ2) is 6.98. The van der Waals surface area contributed by atoms with E-state index >= 15 is 0 Å². The van der Waals surface area contributed by atoms with Crippen LogP contribution in [0.15, 0.2) is 35.7 Å². The molecule has 24 heavy (non-hydrogen) atoms. The zero-order valence-electron chi connectivity index (χ0n) is 13.1. The van der Waals surface area contributed by atoms with Crippen LogP contribution in [0.2, 0.25) is 0 Å². The van der Waals surface area contributed by atoms with Gasteiger partial charge in [0.15, 0.2) is 0 Å². The highest BCUT2D eigenvalue weighted by molar-refractivity contribution is 7.10. The molecular weight excluding hydrogens is 330 g/mol. The fourth-order valence-corrected chi connectivity index (χ4v) is 3.50. The van der Waals surface area contributed by atoms with Crippen LogP contribution < -0.4 is 10.2 Å². The molecule has 1 aliphatic heterocycles. The van der Waals surface area contributed by atoms with E-state index in [0.29, 0.717) is 25.4 Å². The number of nitro groups is 1. The van der Waals surface area contributed by atoms with Gasteiger partial charge in [0.1, 0.15) is 11.8 Å². The van der Waals surface area contributed by atoms with Crippen molar-refractivity contribution in [2.75, 3.05) is 31.6 Å². The molecule has 1 unspecified atom stereocenters. The Balaban J connectivity index is 1.90. The van der Waals surface area contributed by atoms with Crippen LogP contribution in [-0.2, 0) is 4.74 Å². The van der Waals surface area contributed by atoms with Crippen molar-refractivity contribution in [1.29, 1.82) is 0 Å². The number of rotatable bonds is 4. The minimum absolute atomic E-state index is 0.0667. The Bertz CT molecular complexity index is 748. The molecule has 1 amide bonds. The summed E-state index contributed by atoms with van der Waals surface area (Å²) < 4.78 is 5.79. The lowest BCUT2D eigenvalue weighted by molar-refractivity contribution is -0.384. The van der Waals surface area contributed by atoms with Crippen molar-refractivity contribution in [3.05, 3.63) is 56.3 Å². The largest absolute Gasteiger partial charge is 0.369 e. The summed E-state index contributed by atoms with van der Waals surface area (Å²) in [4.78, 5) is 25.8. The number of amides is 1. The second-order valence-corrected chi connectivity index (χ2v) is 6.34. The summed E-state index contributed by atoms with van der Waals surface area (Å²) in [5, 5.41) is 15.9. The Morgan fingerprint density at radius 3 is 2.96 bits per heavy atom. The van der Waals surface area contributed by atoms with Crippen LogP contribution in [0.1, 0.15) is 21.3 Å². The summed E-state index contributed by atoms with van der Waals surface area (Å²) in [7, 11) is 1.50. The van der Waals surface area contributed by atoms with Crippen LogP contribution in [0.3, 0.4) is 0 Å². The predicted molar refractivity (Wildman–Crippen MR) is 91.7 cm³/mol. The number of nitrogens with one attached hydrogen (secondary N) is 1. The highest BCUT2D eigenvalue weighted by Crippen LogP contribution is 2.34. The molecule has 1 aromatic carbocycles. The Hall–Kier alpha value is -2.45. The maximum absolute atomic E-state index is 11.7. The molecular formula is C16H17N3O4S. The van der Waals surface area contributed by atoms with Gasteiger partial charge in [-0.15, -0.1) is 11.3 Å². The standard InChI is InChI=1S/C16H17N3O4S/c1-17-16(20)11-4-5-12(13(9-11)19(21)22)18-6-7-23-14(10-18)15-3-2-8-24-15/h2-5,8-9,14H,6-7,10H2,1H3,(H,17,20). The van der Waals surface area contributed by atoms with Crippen molar-refractivity contribution < 1.29 is 14.5 Å². The number of thiophene rings is 1. The van der Waals surface area contributed by atoms with E-state index in [4.69, 9.17) is 4.74 Å². The van der Waals surface area contributed by atoms with Gasteiger partial charge in [-0.25, -0.2) is 0 Å². The highest BCUT2D eigenvalue weighted by atomic mass is 32.1. The lowest BCUT2D eigenvalue weighted by Gasteiger charge is -2.33. The molecule has 3 rings (SSSR count). The first-order valence-corrected chi connectivity index (χ1v) is 8.38. The smallest absolute Gasteiger partial charge is 0.293 e. The zero-order chi connectivity index (χ0) is 17.1. The quantitative estimate of drug-likeness (QED) is 0.679. The first kappa shape index (κ1) is 16.4. The average Bonchev–Trinajstić information content (AvgIpc) is 3.15. The Labute approximate surface area is 143 Å². The molecule has 1 aromatic heterocycles. The molecule has 1 aliphatic rings. The van der Waals surface area contributed by atoms with E-state index in [1.807, 2.05) is 22.4 Å². The zero-order valence-corrected chi connectivity index (χ0v) is 13.9. The summed E-state index contributed by atoms with van der Waals surface area (Å²) in [6.07, 6.45) is -0.100. The first-order chi connectivity index (χ1) is 11.6. The Morgan fingerprint density at radius 2 is 2.29 bits per heavy atom. The van der Waals surface area contributed by atoms with Gasteiger partial charge in [0.2, 0.25) is 0 Å². The van der Waals surface area contributed by atoms with Crippen LogP contribution in [0.4, 0.5) is 11.4 Å². The molecule has 0 radical (unpaired) electrons. The van der Waals surface area contributed by atoms with Crippen molar-refractivity contribution in [2.45, 2.75) is 6.10 Å². The minimum Gasteiger partial charge on any atom is -0.369 e. The van der Waals surface area contributed by atoms with E-state index in [0.717, 1.165) is 4.88 Å². The summed E-state index contributed by atoms with van der Waals surface area (Å²) in [5.74, 6) is -0.344. The Kier molecular flexibility index (Phi) is 4.77. The van der Waals surface area contributed by atoms with Gasteiger partial charge in [-0.1, -0.05) is 6.07 Å². The minimum atomic E-state index is -0.447. The molecule has 0 bridgehead atoms. The van der Waals surface area contributed by atoms with Gasteiger partial charge in [-0.05, 0) is 23.6 Å². The summed E-state index contributed by atoms with van der Waals surface area (Å²) in [5.41, 5.74) is 0.719. The molecule has 7 nitrogen and oxygen atoms in total. The maximum Gasteiger partial charge on any atom is 0.293 e. The summed E-state index contributed by atoms with van der Waals surface area (Å²) in [6.45, 7) is 1.61. The van der Waals surface area contributed by atoms with Gasteiger partial charge in [0, 0.05) is 36.6 Å². The van der Waals surface area contributed by atoms with Crippen molar-refractivity contribution >= 4 is 28.6 Å². The molecule has 1 saturated heterocycles. The van der Waals surface area contributed by atoms with Crippen molar-refractivity contribution in [1.82, 2.24) is 5.32 Å². The molecule has 0 aliphatic carbocycles. The Morgan fingerprint density at radius 1 is 1.46 bits per heavy atom. The van der Waals surface area contributed by atoms with Crippen LogP contribution in [0.25, 0.3) is 0 Å². The second-order valence-electron chi connectivity index (χ2n) is 5.36. The summed E-state index contributed by atoms with van der Waals surface area (Å²) in [6, 6.07) is 8.53. The highest BCUT2D eigenvalue weighted by Gasteiger charge is 2.28. The topological polar surface area (TPSA) is 84.7 Å². The molecule has 2 aromatic rings. The third-order valence-electron chi connectivity index (χ3n) is 3.93. The van der Waals surface area contributed by atoms with E-state index in [1.165, 1.54) is 13.1 Å². The number of carbonyl (C=O) groups is 1. The number of hydrogen-bond acceptors (Lipinski definition) is 6. The van der Waals surface area contributed by atoms with E-state index in [2.05, 4.69) is 5.32 Å². The van der Waals surface area contributed by atoms with Crippen LogP contribution >= 0.6 is 11.3 Å². The normalized spacial score (nSPS) is 17.5. The molecule has 1 N–H and O–H groups in total. The number of nitrogens with zero attached hydrogens (tertiary/aromatic N) is 2. The van der Waals surface area contributed by atoms with Gasteiger partial charge in [0.05, 0.1) is 11.5 Å². The van der Waals surface area contributed by atoms with Crippen molar-refractivity contribution in [2.24, 2.45) is 0 Å². The third-order valence-corrected chi connectivity index (χ3v) is 4.89. The number of nitro benzene ring substituents is 1. The van der Waals surface area contributed by atoms with Crippen molar-refractivity contribution in [3.8, 4) is 0 Å². The molecule has 126 valence electrons. The molecule has 0 spiro atoms. The maximum atomic E-state index is 11.7. The fraction of sp³-hybridized carbons (Fsp3) is 0.312. The number of benzene rings is 1. The van der Waals surface area contributed by atoms with Crippen molar-refractivity contribution in [3.63, 3.8) is 0 Å². The van der Waals surface area contributed by atoms with Gasteiger partial charge in [0.25, 0.3) is 11.6 Å². The predicted octanol–water partition coefficient (Wildman–Crippen LogP) is 2.59. The molecule has 1 atom stereocenters. The first-order valence-electron chi connectivity index (χ1n) is 7.50. The number of morpholine rings is 1. The van der Waals surface area contributed by atoms with E-state index in [9.17, 15) is 14.9 Å². The molecule has 8 heteroatoms. The fourth-order valence-electron chi connectivity index (χ4n) is 2.74. The van der Waals surface area contributed by atoms with E-state index in [1.54, 1.807) is 23.5 Å². The van der Waals surface area contributed by atoms with Gasteiger partial charge < -0.3 is 15.0 Å². The van der Waals surface area contributed by atoms with Gasteiger partial charge in [-0.3, -0.25) is 14.9 Å². The molecule has 0 saturated carbocycles. The lowest BCUT2D eigenvalue weighted by Crippen LogP contribution is -2.38. The number of carbonyl (C=O) groups excluding carboxylic acids is 1. The van der Waals surface area contributed by atoms with E-state index < -0.39 is 4.92 Å².